The number of carbonyl (C=O) groups is 1. The number of aryl methyl sites for hydroxylation is 1. The van der Waals surface area contributed by atoms with E-state index in [0.717, 1.165) is 28.7 Å². The molecule has 2 aromatic rings. The Bertz CT molecular complexity index is 619. The number of hydrogen-bond donors (Lipinski definition) is 1. The smallest absolute Gasteiger partial charge is 0.313 e. The highest BCUT2D eigenvalue weighted by Crippen LogP contribution is 2.31. The first-order valence-electron chi connectivity index (χ1n) is 7.04. The number of carboxylic acids is 1. The van der Waals surface area contributed by atoms with E-state index in [-0.39, 0.29) is 5.75 Å². The lowest BCUT2D eigenvalue weighted by molar-refractivity contribution is -0.133. The van der Waals surface area contributed by atoms with Crippen molar-refractivity contribution in [1.29, 1.82) is 0 Å². The van der Waals surface area contributed by atoms with E-state index in [2.05, 4.69) is 15.6 Å². The number of fused-ring (bicyclic) bond motifs is 1. The Balaban J connectivity index is 1.83. The van der Waals surface area contributed by atoms with Crippen molar-refractivity contribution in [1.82, 2.24) is 9.55 Å². The number of thioether (sulfide) groups is 1. The molecule has 106 valence electrons. The average molecular weight is 290 g/mol. The summed E-state index contributed by atoms with van der Waals surface area (Å²) < 4.78 is 2.18. The van der Waals surface area contributed by atoms with E-state index >= 15 is 0 Å². The molecule has 1 saturated carbocycles. The van der Waals surface area contributed by atoms with Crippen molar-refractivity contribution in [3.63, 3.8) is 0 Å². The highest BCUT2D eigenvalue weighted by molar-refractivity contribution is 7.99. The summed E-state index contributed by atoms with van der Waals surface area (Å²) in [4.78, 5) is 15.3. The van der Waals surface area contributed by atoms with Crippen molar-refractivity contribution in [2.75, 3.05) is 5.75 Å². The van der Waals surface area contributed by atoms with Crippen molar-refractivity contribution in [3.05, 3.63) is 24.3 Å². The number of carboxylic acid groups (broad SMARTS) is 1. The average Bonchev–Trinajstić information content (AvgIpc) is 2.73. The number of nitrogens with zero attached hydrogens (tertiary/aromatic N) is 2. The molecule has 0 spiro atoms. The second-order valence-electron chi connectivity index (χ2n) is 5.30. The van der Waals surface area contributed by atoms with Gasteiger partial charge in [-0.2, -0.15) is 0 Å². The standard InChI is InChI=1S/C15H18N2O2S/c18-14(19)10-20-15-16-12-6-1-2-7-13(12)17(15)9-8-11-4-3-5-11/h1-2,6-7,11H,3-5,8-10H2,(H,18,19). The van der Waals surface area contributed by atoms with Gasteiger partial charge in [0.2, 0.25) is 0 Å². The lowest BCUT2D eigenvalue weighted by Crippen LogP contribution is -2.14. The first-order chi connectivity index (χ1) is 9.74. The van der Waals surface area contributed by atoms with Crippen LogP contribution < -0.4 is 0 Å². The molecule has 20 heavy (non-hydrogen) atoms. The zero-order valence-corrected chi connectivity index (χ0v) is 12.1. The maximum absolute atomic E-state index is 10.8. The maximum atomic E-state index is 10.8. The van der Waals surface area contributed by atoms with E-state index in [4.69, 9.17) is 5.11 Å². The summed E-state index contributed by atoms with van der Waals surface area (Å²) >= 11 is 1.31. The van der Waals surface area contributed by atoms with Gasteiger partial charge in [-0.05, 0) is 24.5 Å². The third-order valence-electron chi connectivity index (χ3n) is 3.93. The summed E-state index contributed by atoms with van der Waals surface area (Å²) in [5.41, 5.74) is 2.06. The fraction of sp³-hybridized carbons (Fsp3) is 0.467. The minimum absolute atomic E-state index is 0.0623. The molecule has 0 aliphatic heterocycles. The summed E-state index contributed by atoms with van der Waals surface area (Å²) in [6.45, 7) is 0.938. The van der Waals surface area contributed by atoms with Gasteiger partial charge in [-0.15, -0.1) is 0 Å². The molecular formula is C15H18N2O2S. The van der Waals surface area contributed by atoms with Gasteiger partial charge in [0.05, 0.1) is 16.8 Å². The molecule has 5 heteroatoms. The molecule has 1 aromatic carbocycles. The molecule has 0 atom stereocenters. The van der Waals surface area contributed by atoms with Crippen LogP contribution in [0.4, 0.5) is 0 Å². The fourth-order valence-electron chi connectivity index (χ4n) is 2.60. The Morgan fingerprint density at radius 1 is 1.40 bits per heavy atom. The number of aliphatic carboxylic acids is 1. The molecule has 1 heterocycles. The van der Waals surface area contributed by atoms with Gasteiger partial charge in [0.25, 0.3) is 0 Å². The van der Waals surface area contributed by atoms with Gasteiger partial charge in [-0.3, -0.25) is 4.79 Å². The van der Waals surface area contributed by atoms with E-state index in [9.17, 15) is 4.79 Å². The Hall–Kier alpha value is -1.49. The molecule has 3 rings (SSSR count). The number of rotatable bonds is 6. The largest absolute Gasteiger partial charge is 0.481 e. The van der Waals surface area contributed by atoms with Crippen LogP contribution in [0.1, 0.15) is 25.7 Å². The number of imidazole rings is 1. The van der Waals surface area contributed by atoms with Crippen molar-refractivity contribution in [2.24, 2.45) is 5.92 Å². The van der Waals surface area contributed by atoms with Crippen molar-refractivity contribution in [3.8, 4) is 0 Å². The molecule has 0 saturated heterocycles. The van der Waals surface area contributed by atoms with Gasteiger partial charge in [0.1, 0.15) is 0 Å². The lowest BCUT2D eigenvalue weighted by atomic mass is 9.83. The lowest BCUT2D eigenvalue weighted by Gasteiger charge is -2.25. The molecule has 0 unspecified atom stereocenters. The minimum Gasteiger partial charge on any atom is -0.481 e. The Morgan fingerprint density at radius 2 is 2.20 bits per heavy atom. The first-order valence-corrected chi connectivity index (χ1v) is 8.02. The van der Waals surface area contributed by atoms with Crippen LogP contribution >= 0.6 is 11.8 Å². The molecule has 1 fully saturated rings. The SMILES string of the molecule is O=C(O)CSc1nc2ccccc2n1CCC1CCC1. The van der Waals surface area contributed by atoms with Crippen LogP contribution in [-0.2, 0) is 11.3 Å². The van der Waals surface area contributed by atoms with Crippen LogP contribution in [-0.4, -0.2) is 26.4 Å². The summed E-state index contributed by atoms with van der Waals surface area (Å²) in [7, 11) is 0. The quantitative estimate of drug-likeness (QED) is 0.828. The van der Waals surface area contributed by atoms with Gasteiger partial charge in [-0.1, -0.05) is 43.2 Å². The predicted molar refractivity (Wildman–Crippen MR) is 80.1 cm³/mol. The normalized spacial score (nSPS) is 15.4. The van der Waals surface area contributed by atoms with Crippen molar-refractivity contribution >= 4 is 28.8 Å². The monoisotopic (exact) mass is 290 g/mol. The number of para-hydroxylation sites is 2. The zero-order chi connectivity index (χ0) is 13.9. The number of aromatic nitrogens is 2. The van der Waals surface area contributed by atoms with Crippen LogP contribution in [0.5, 0.6) is 0 Å². The second kappa shape index (κ2) is 5.87. The Morgan fingerprint density at radius 3 is 2.90 bits per heavy atom. The second-order valence-corrected chi connectivity index (χ2v) is 6.25. The molecule has 0 bridgehead atoms. The van der Waals surface area contributed by atoms with Crippen LogP contribution in [0, 0.1) is 5.92 Å². The molecule has 1 aliphatic carbocycles. The summed E-state index contributed by atoms with van der Waals surface area (Å²) in [5, 5.41) is 9.67. The fourth-order valence-corrected chi connectivity index (χ4v) is 3.36. The van der Waals surface area contributed by atoms with Crippen LogP contribution in [0.15, 0.2) is 29.4 Å². The van der Waals surface area contributed by atoms with E-state index in [1.807, 2.05) is 18.2 Å². The zero-order valence-electron chi connectivity index (χ0n) is 11.3. The van der Waals surface area contributed by atoms with Crippen LogP contribution in [0.25, 0.3) is 11.0 Å². The summed E-state index contributed by atoms with van der Waals surface area (Å²) in [6.07, 6.45) is 5.20. The van der Waals surface area contributed by atoms with E-state index in [1.165, 1.54) is 37.4 Å². The van der Waals surface area contributed by atoms with E-state index in [0.29, 0.717) is 0 Å². The van der Waals surface area contributed by atoms with Crippen molar-refractivity contribution < 1.29 is 9.90 Å². The first kappa shape index (κ1) is 13.5. The molecular weight excluding hydrogens is 272 g/mol. The molecule has 1 N–H and O–H groups in total. The minimum atomic E-state index is -0.799. The summed E-state index contributed by atoms with van der Waals surface area (Å²) in [5.74, 6) is 0.105. The molecule has 4 nitrogen and oxygen atoms in total. The Kier molecular flexibility index (Phi) is 3.96. The van der Waals surface area contributed by atoms with Gasteiger partial charge >= 0.3 is 5.97 Å². The Labute approximate surface area is 122 Å². The third kappa shape index (κ3) is 2.82. The number of benzene rings is 1. The maximum Gasteiger partial charge on any atom is 0.313 e. The van der Waals surface area contributed by atoms with Crippen LogP contribution in [0.3, 0.4) is 0 Å². The highest BCUT2D eigenvalue weighted by atomic mass is 32.2. The van der Waals surface area contributed by atoms with Crippen molar-refractivity contribution in [2.45, 2.75) is 37.4 Å². The van der Waals surface area contributed by atoms with Gasteiger partial charge in [0.15, 0.2) is 5.16 Å². The predicted octanol–water partition coefficient (Wildman–Crippen LogP) is 3.40. The van der Waals surface area contributed by atoms with Gasteiger partial charge in [0, 0.05) is 6.54 Å². The van der Waals surface area contributed by atoms with E-state index < -0.39 is 5.97 Å². The molecule has 0 radical (unpaired) electrons. The highest BCUT2D eigenvalue weighted by Gasteiger charge is 2.19. The third-order valence-corrected chi connectivity index (χ3v) is 4.89. The van der Waals surface area contributed by atoms with Gasteiger partial charge in [-0.25, -0.2) is 4.98 Å². The van der Waals surface area contributed by atoms with E-state index in [1.54, 1.807) is 0 Å². The van der Waals surface area contributed by atoms with Gasteiger partial charge < -0.3 is 9.67 Å². The number of hydrogen-bond acceptors (Lipinski definition) is 3. The topological polar surface area (TPSA) is 55.1 Å². The van der Waals surface area contributed by atoms with Crippen LogP contribution in [0.2, 0.25) is 0 Å². The molecule has 0 amide bonds. The molecule has 1 aliphatic rings. The molecule has 1 aromatic heterocycles. The summed E-state index contributed by atoms with van der Waals surface area (Å²) in [6, 6.07) is 8.03.